The van der Waals surface area contributed by atoms with Crippen LogP contribution < -0.4 is 5.73 Å². The van der Waals surface area contributed by atoms with Gasteiger partial charge in [0.15, 0.2) is 0 Å². The minimum absolute atomic E-state index is 0.666. The molecule has 0 aliphatic carbocycles. The number of nitrogens with two attached hydrogens (primary N) is 1. The van der Waals surface area contributed by atoms with Crippen LogP contribution in [0.5, 0.6) is 0 Å². The molecule has 0 amide bonds. The number of thiophene rings is 1. The molecule has 1 unspecified atom stereocenters. The lowest BCUT2D eigenvalue weighted by atomic mass is 9.98. The van der Waals surface area contributed by atoms with E-state index in [4.69, 9.17) is 5.73 Å². The molecule has 1 atom stereocenters. The third kappa shape index (κ3) is 2.62. The van der Waals surface area contributed by atoms with E-state index < -0.39 is 0 Å². The molecular weight excluding hydrogens is 264 g/mol. The van der Waals surface area contributed by atoms with Crippen molar-refractivity contribution in [1.82, 2.24) is 4.90 Å². The Morgan fingerprint density at radius 3 is 2.95 bits per heavy atom. The second-order valence-corrected chi connectivity index (χ2v) is 6.87. The van der Waals surface area contributed by atoms with Gasteiger partial charge >= 0.3 is 0 Å². The second kappa shape index (κ2) is 6.25. The van der Waals surface area contributed by atoms with Crippen LogP contribution in [0.15, 0.2) is 24.3 Å². The summed E-state index contributed by atoms with van der Waals surface area (Å²) < 4.78 is 1.38. The first-order valence-electron chi connectivity index (χ1n) is 7.77. The number of fused-ring (bicyclic) bond motifs is 1. The highest BCUT2D eigenvalue weighted by atomic mass is 32.1. The average molecular weight is 288 g/mol. The van der Waals surface area contributed by atoms with Crippen LogP contribution in [-0.2, 0) is 13.1 Å². The summed E-state index contributed by atoms with van der Waals surface area (Å²) in [5, 5.41) is 1.42. The summed E-state index contributed by atoms with van der Waals surface area (Å²) in [6, 6.07) is 9.50. The van der Waals surface area contributed by atoms with Crippen molar-refractivity contribution in [3.8, 4) is 0 Å². The summed E-state index contributed by atoms with van der Waals surface area (Å²) in [7, 11) is 0. The molecule has 3 rings (SSSR count). The van der Waals surface area contributed by atoms with Crippen molar-refractivity contribution in [1.29, 1.82) is 0 Å². The largest absolute Gasteiger partial charge is 0.326 e. The van der Waals surface area contributed by atoms with Gasteiger partial charge in [0.1, 0.15) is 0 Å². The number of likely N-dealkylation sites (tertiary alicyclic amines) is 1. The van der Waals surface area contributed by atoms with E-state index >= 15 is 0 Å². The monoisotopic (exact) mass is 288 g/mol. The number of hydrogen-bond acceptors (Lipinski definition) is 3. The Morgan fingerprint density at radius 2 is 2.15 bits per heavy atom. The molecule has 0 saturated carbocycles. The van der Waals surface area contributed by atoms with Crippen LogP contribution in [0.2, 0.25) is 0 Å². The quantitative estimate of drug-likeness (QED) is 0.916. The summed E-state index contributed by atoms with van der Waals surface area (Å²) in [6.45, 7) is 5.31. The van der Waals surface area contributed by atoms with Crippen LogP contribution in [0.3, 0.4) is 0 Å². The first-order valence-corrected chi connectivity index (χ1v) is 8.58. The Hall–Kier alpha value is -0.900. The van der Waals surface area contributed by atoms with Gasteiger partial charge in [0.2, 0.25) is 0 Å². The van der Waals surface area contributed by atoms with Crippen molar-refractivity contribution in [3.05, 3.63) is 34.7 Å². The van der Waals surface area contributed by atoms with Crippen LogP contribution in [0.25, 0.3) is 10.1 Å². The van der Waals surface area contributed by atoms with Gasteiger partial charge in [0.25, 0.3) is 0 Å². The van der Waals surface area contributed by atoms with Crippen molar-refractivity contribution in [2.75, 3.05) is 6.54 Å². The zero-order valence-electron chi connectivity index (χ0n) is 12.3. The van der Waals surface area contributed by atoms with E-state index in [1.807, 2.05) is 11.3 Å². The van der Waals surface area contributed by atoms with Crippen LogP contribution in [-0.4, -0.2) is 17.5 Å². The fourth-order valence-electron chi connectivity index (χ4n) is 3.42. The summed E-state index contributed by atoms with van der Waals surface area (Å²) in [5.41, 5.74) is 7.46. The maximum atomic E-state index is 5.98. The van der Waals surface area contributed by atoms with E-state index in [2.05, 4.69) is 36.1 Å². The summed E-state index contributed by atoms with van der Waals surface area (Å²) in [5.74, 6) is 0. The number of nitrogens with zero attached hydrogens (tertiary/aromatic N) is 1. The molecule has 2 aromatic rings. The van der Waals surface area contributed by atoms with Gasteiger partial charge in [-0.15, -0.1) is 11.3 Å². The van der Waals surface area contributed by atoms with Crippen LogP contribution in [0.4, 0.5) is 0 Å². The van der Waals surface area contributed by atoms with Crippen molar-refractivity contribution in [3.63, 3.8) is 0 Å². The molecule has 0 spiro atoms. The summed E-state index contributed by atoms with van der Waals surface area (Å²) in [6.07, 6.45) is 5.36. The molecule has 3 heteroatoms. The first-order chi connectivity index (χ1) is 9.83. The third-order valence-electron chi connectivity index (χ3n) is 4.55. The number of hydrogen-bond donors (Lipinski definition) is 1. The lowest BCUT2D eigenvalue weighted by Crippen LogP contribution is -2.38. The van der Waals surface area contributed by atoms with E-state index in [0.717, 1.165) is 12.6 Å². The van der Waals surface area contributed by atoms with Crippen molar-refractivity contribution >= 4 is 21.4 Å². The topological polar surface area (TPSA) is 29.3 Å². The fraction of sp³-hybridized carbons (Fsp3) is 0.529. The number of rotatable bonds is 4. The molecule has 2 N–H and O–H groups in total. The highest BCUT2D eigenvalue weighted by Gasteiger charge is 2.23. The van der Waals surface area contributed by atoms with Crippen molar-refractivity contribution in [2.45, 2.75) is 51.7 Å². The van der Waals surface area contributed by atoms with Crippen LogP contribution >= 0.6 is 11.3 Å². The smallest absolute Gasteiger partial charge is 0.0349 e. The predicted octanol–water partition coefficient (Wildman–Crippen LogP) is 4.12. The Kier molecular flexibility index (Phi) is 4.39. The maximum absolute atomic E-state index is 5.98. The van der Waals surface area contributed by atoms with Gasteiger partial charge in [0.05, 0.1) is 0 Å². The van der Waals surface area contributed by atoms with Gasteiger partial charge in [-0.25, -0.2) is 0 Å². The van der Waals surface area contributed by atoms with Gasteiger partial charge in [-0.3, -0.25) is 4.90 Å². The van der Waals surface area contributed by atoms with E-state index in [9.17, 15) is 0 Å². The predicted molar refractivity (Wildman–Crippen MR) is 88.1 cm³/mol. The average Bonchev–Trinajstić information content (AvgIpc) is 2.86. The maximum Gasteiger partial charge on any atom is 0.0349 e. The summed E-state index contributed by atoms with van der Waals surface area (Å²) in [4.78, 5) is 4.04. The SMILES string of the molecule is CCC1CCCCN1Cc1c(CN)sc2ccccc12. The van der Waals surface area contributed by atoms with Crippen molar-refractivity contribution < 1.29 is 0 Å². The van der Waals surface area contributed by atoms with Gasteiger partial charge in [-0.2, -0.15) is 0 Å². The van der Waals surface area contributed by atoms with Crippen molar-refractivity contribution in [2.24, 2.45) is 5.73 Å². The molecule has 1 fully saturated rings. The molecule has 1 aromatic carbocycles. The van der Waals surface area contributed by atoms with E-state index in [-0.39, 0.29) is 0 Å². The molecule has 20 heavy (non-hydrogen) atoms. The molecule has 2 nitrogen and oxygen atoms in total. The van der Waals surface area contributed by atoms with E-state index in [1.54, 1.807) is 0 Å². The molecular formula is C17H24N2S. The highest BCUT2D eigenvalue weighted by Crippen LogP contribution is 2.33. The Morgan fingerprint density at radius 1 is 1.30 bits per heavy atom. The van der Waals surface area contributed by atoms with Gasteiger partial charge in [-0.05, 0) is 42.8 Å². The molecule has 108 valence electrons. The Balaban J connectivity index is 1.92. The Labute approximate surface area is 125 Å². The lowest BCUT2D eigenvalue weighted by Gasteiger charge is -2.35. The molecule has 2 heterocycles. The standard InChI is InChI=1S/C17H24N2S/c1-2-13-7-5-6-10-19(13)12-15-14-8-3-4-9-16(14)20-17(15)11-18/h3-4,8-9,13H,2,5-7,10-12,18H2,1H3. The Bertz CT molecular complexity index is 575. The first kappa shape index (κ1) is 14.1. The van der Waals surface area contributed by atoms with Crippen LogP contribution in [0, 0.1) is 0 Å². The molecule has 1 aromatic heterocycles. The lowest BCUT2D eigenvalue weighted by molar-refractivity contribution is 0.136. The zero-order chi connectivity index (χ0) is 13.9. The summed E-state index contributed by atoms with van der Waals surface area (Å²) >= 11 is 1.87. The molecule has 1 saturated heterocycles. The normalized spacial score (nSPS) is 20.6. The highest BCUT2D eigenvalue weighted by molar-refractivity contribution is 7.19. The third-order valence-corrected chi connectivity index (χ3v) is 5.78. The zero-order valence-corrected chi connectivity index (χ0v) is 13.1. The molecule has 1 aliphatic heterocycles. The minimum atomic E-state index is 0.666. The molecule has 1 aliphatic rings. The van der Waals surface area contributed by atoms with Gasteiger partial charge in [-0.1, -0.05) is 31.5 Å². The van der Waals surface area contributed by atoms with Gasteiger partial charge < -0.3 is 5.73 Å². The fourth-order valence-corrected chi connectivity index (χ4v) is 4.52. The van der Waals surface area contributed by atoms with Crippen LogP contribution in [0.1, 0.15) is 43.0 Å². The minimum Gasteiger partial charge on any atom is -0.326 e. The molecule has 0 radical (unpaired) electrons. The number of piperidine rings is 1. The van der Waals surface area contributed by atoms with E-state index in [0.29, 0.717) is 6.54 Å². The molecule has 0 bridgehead atoms. The van der Waals surface area contributed by atoms with E-state index in [1.165, 1.54) is 52.8 Å². The van der Waals surface area contributed by atoms with Gasteiger partial charge in [0, 0.05) is 28.7 Å². The number of benzene rings is 1. The second-order valence-electron chi connectivity index (χ2n) is 5.73.